The standard InChI is InChI=1S/C18H15N5O3S/c1-11-20-21-18-23(11)22-17(27-18)12-5-7-15(25-2)14(10-12)19-16(24)8-6-13-4-3-9-26-13/h3-10H,1-2H3,(H,19,24)/b8-6+. The van der Waals surface area contributed by atoms with Gasteiger partial charge in [-0.2, -0.15) is 9.61 Å². The van der Waals surface area contributed by atoms with Crippen molar-refractivity contribution in [3.8, 4) is 16.3 Å². The molecule has 9 heteroatoms. The largest absolute Gasteiger partial charge is 0.495 e. The zero-order valence-electron chi connectivity index (χ0n) is 14.5. The maximum Gasteiger partial charge on any atom is 0.248 e. The van der Waals surface area contributed by atoms with Crippen molar-refractivity contribution in [1.82, 2.24) is 19.8 Å². The average molecular weight is 381 g/mol. The van der Waals surface area contributed by atoms with Gasteiger partial charge in [0, 0.05) is 11.6 Å². The molecule has 0 spiro atoms. The molecular weight excluding hydrogens is 366 g/mol. The van der Waals surface area contributed by atoms with Crippen molar-refractivity contribution in [1.29, 1.82) is 0 Å². The summed E-state index contributed by atoms with van der Waals surface area (Å²) in [7, 11) is 1.55. The number of carbonyl (C=O) groups excluding carboxylic acids is 1. The first-order chi connectivity index (χ1) is 13.1. The predicted octanol–water partition coefficient (Wildman–Crippen LogP) is 3.41. The molecule has 0 unspecified atom stereocenters. The van der Waals surface area contributed by atoms with E-state index < -0.39 is 0 Å². The molecule has 27 heavy (non-hydrogen) atoms. The number of aromatic nitrogens is 4. The molecule has 0 radical (unpaired) electrons. The number of anilines is 1. The van der Waals surface area contributed by atoms with Gasteiger partial charge in [0.2, 0.25) is 10.9 Å². The van der Waals surface area contributed by atoms with E-state index in [1.54, 1.807) is 42.2 Å². The highest BCUT2D eigenvalue weighted by Crippen LogP contribution is 2.32. The minimum Gasteiger partial charge on any atom is -0.495 e. The quantitative estimate of drug-likeness (QED) is 0.532. The van der Waals surface area contributed by atoms with E-state index in [-0.39, 0.29) is 5.91 Å². The van der Waals surface area contributed by atoms with Gasteiger partial charge in [0.25, 0.3) is 0 Å². The number of amides is 1. The number of fused-ring (bicyclic) bond motifs is 1. The highest BCUT2D eigenvalue weighted by molar-refractivity contribution is 7.19. The van der Waals surface area contributed by atoms with Gasteiger partial charge in [-0.25, -0.2) is 0 Å². The number of rotatable bonds is 5. The lowest BCUT2D eigenvalue weighted by Crippen LogP contribution is -2.09. The highest BCUT2D eigenvalue weighted by atomic mass is 32.1. The first kappa shape index (κ1) is 17.0. The van der Waals surface area contributed by atoms with Gasteiger partial charge in [-0.3, -0.25) is 4.79 Å². The Balaban J connectivity index is 1.61. The van der Waals surface area contributed by atoms with Crippen LogP contribution in [0.15, 0.2) is 47.1 Å². The van der Waals surface area contributed by atoms with Crippen LogP contribution in [0.4, 0.5) is 5.69 Å². The van der Waals surface area contributed by atoms with E-state index in [2.05, 4.69) is 20.6 Å². The van der Waals surface area contributed by atoms with Gasteiger partial charge >= 0.3 is 0 Å². The number of nitrogens with zero attached hydrogens (tertiary/aromatic N) is 4. The van der Waals surface area contributed by atoms with Crippen LogP contribution < -0.4 is 10.1 Å². The highest BCUT2D eigenvalue weighted by Gasteiger charge is 2.13. The van der Waals surface area contributed by atoms with Crippen molar-refractivity contribution in [3.63, 3.8) is 0 Å². The van der Waals surface area contributed by atoms with Crippen molar-refractivity contribution >= 4 is 34.0 Å². The van der Waals surface area contributed by atoms with Crippen molar-refractivity contribution in [2.24, 2.45) is 0 Å². The van der Waals surface area contributed by atoms with Gasteiger partial charge in [0.15, 0.2) is 5.82 Å². The molecule has 0 atom stereocenters. The van der Waals surface area contributed by atoms with Crippen LogP contribution in [0.3, 0.4) is 0 Å². The molecule has 136 valence electrons. The summed E-state index contributed by atoms with van der Waals surface area (Å²) in [4.78, 5) is 13.0. The smallest absolute Gasteiger partial charge is 0.248 e. The maximum atomic E-state index is 12.2. The van der Waals surface area contributed by atoms with Crippen LogP contribution in [0.25, 0.3) is 21.6 Å². The number of furan rings is 1. The number of hydrogen-bond acceptors (Lipinski definition) is 7. The van der Waals surface area contributed by atoms with E-state index in [9.17, 15) is 4.79 Å². The number of aryl methyl sites for hydroxylation is 1. The molecule has 4 aromatic rings. The molecule has 3 aromatic heterocycles. The van der Waals surface area contributed by atoms with Gasteiger partial charge in [0.1, 0.15) is 16.5 Å². The van der Waals surface area contributed by atoms with Crippen molar-refractivity contribution in [2.75, 3.05) is 12.4 Å². The predicted molar refractivity (Wildman–Crippen MR) is 102 cm³/mol. The maximum absolute atomic E-state index is 12.2. The SMILES string of the molecule is COc1ccc(-c2nn3c(C)nnc3s2)cc1NC(=O)/C=C/c1ccco1. The second kappa shape index (κ2) is 7.04. The van der Waals surface area contributed by atoms with Crippen LogP contribution >= 0.6 is 11.3 Å². The zero-order valence-corrected chi connectivity index (χ0v) is 15.4. The van der Waals surface area contributed by atoms with E-state index in [0.29, 0.717) is 22.2 Å². The third-order valence-corrected chi connectivity index (χ3v) is 4.74. The lowest BCUT2D eigenvalue weighted by Gasteiger charge is -2.10. The fraction of sp³-hybridized carbons (Fsp3) is 0.111. The number of nitrogens with one attached hydrogen (secondary N) is 1. The second-order valence-corrected chi connectivity index (χ2v) is 6.56. The third kappa shape index (κ3) is 3.44. The van der Waals surface area contributed by atoms with E-state index >= 15 is 0 Å². The Morgan fingerprint density at radius 1 is 1.33 bits per heavy atom. The molecule has 1 amide bonds. The topological polar surface area (TPSA) is 94.5 Å². The Hall–Kier alpha value is -3.46. The minimum absolute atomic E-state index is 0.296. The fourth-order valence-electron chi connectivity index (χ4n) is 2.49. The van der Waals surface area contributed by atoms with Crippen LogP contribution in [-0.2, 0) is 4.79 Å². The second-order valence-electron chi connectivity index (χ2n) is 5.60. The Labute approximate surface area is 158 Å². The number of methoxy groups -OCH3 is 1. The Bertz CT molecular complexity index is 1130. The van der Waals surface area contributed by atoms with E-state index in [4.69, 9.17) is 9.15 Å². The lowest BCUT2D eigenvalue weighted by atomic mass is 10.2. The first-order valence-corrected chi connectivity index (χ1v) is 8.85. The molecule has 0 aliphatic rings. The van der Waals surface area contributed by atoms with E-state index in [0.717, 1.165) is 16.4 Å². The van der Waals surface area contributed by atoms with Gasteiger partial charge in [-0.05, 0) is 43.3 Å². The zero-order chi connectivity index (χ0) is 18.8. The van der Waals surface area contributed by atoms with Crippen molar-refractivity contribution in [3.05, 3.63) is 54.3 Å². The molecule has 1 aromatic carbocycles. The fourth-order valence-corrected chi connectivity index (χ4v) is 3.37. The molecule has 0 saturated carbocycles. The Morgan fingerprint density at radius 2 is 2.22 bits per heavy atom. The molecule has 0 aliphatic heterocycles. The molecule has 8 nitrogen and oxygen atoms in total. The van der Waals surface area contributed by atoms with Crippen molar-refractivity contribution in [2.45, 2.75) is 6.92 Å². The molecule has 0 fully saturated rings. The minimum atomic E-state index is -0.296. The number of benzene rings is 1. The van der Waals surface area contributed by atoms with Gasteiger partial charge in [0.05, 0.1) is 19.1 Å². The summed E-state index contributed by atoms with van der Waals surface area (Å²) >= 11 is 1.42. The van der Waals surface area contributed by atoms with Crippen molar-refractivity contribution < 1.29 is 13.9 Å². The monoisotopic (exact) mass is 381 g/mol. The van der Waals surface area contributed by atoms with Crippen LogP contribution in [0.5, 0.6) is 5.75 Å². The molecule has 3 heterocycles. The van der Waals surface area contributed by atoms with Gasteiger partial charge in [-0.1, -0.05) is 11.3 Å². The average Bonchev–Trinajstić information content (AvgIpc) is 3.39. The summed E-state index contributed by atoms with van der Waals surface area (Å²) in [5.41, 5.74) is 1.39. The summed E-state index contributed by atoms with van der Waals surface area (Å²) in [6, 6.07) is 9.01. The molecular formula is C18H15N5O3S. The summed E-state index contributed by atoms with van der Waals surface area (Å²) in [6.07, 6.45) is 4.54. The summed E-state index contributed by atoms with van der Waals surface area (Å²) in [5.74, 6) is 1.58. The third-order valence-electron chi connectivity index (χ3n) is 3.79. The van der Waals surface area contributed by atoms with Crippen LogP contribution in [-0.4, -0.2) is 32.8 Å². The number of ether oxygens (including phenoxy) is 1. The summed E-state index contributed by atoms with van der Waals surface area (Å²) in [6.45, 7) is 1.84. The number of carbonyl (C=O) groups is 1. The van der Waals surface area contributed by atoms with Gasteiger partial charge < -0.3 is 14.5 Å². The molecule has 0 saturated heterocycles. The van der Waals surface area contributed by atoms with Crippen LogP contribution in [0.2, 0.25) is 0 Å². The van der Waals surface area contributed by atoms with Gasteiger partial charge in [-0.15, -0.1) is 10.2 Å². The molecule has 4 rings (SSSR count). The van der Waals surface area contributed by atoms with E-state index in [1.807, 2.05) is 19.1 Å². The van der Waals surface area contributed by atoms with Crippen LogP contribution in [0.1, 0.15) is 11.6 Å². The Kier molecular flexibility index (Phi) is 4.43. The Morgan fingerprint density at radius 3 is 2.96 bits per heavy atom. The lowest BCUT2D eigenvalue weighted by molar-refractivity contribution is -0.111. The van der Waals surface area contributed by atoms with Crippen LogP contribution in [0, 0.1) is 6.92 Å². The number of hydrogen-bond donors (Lipinski definition) is 1. The normalized spacial score (nSPS) is 11.3. The first-order valence-electron chi connectivity index (χ1n) is 8.04. The molecule has 0 aliphatic carbocycles. The molecule has 0 bridgehead atoms. The van der Waals surface area contributed by atoms with E-state index in [1.165, 1.54) is 17.4 Å². The summed E-state index contributed by atoms with van der Waals surface area (Å²) < 4.78 is 12.2. The molecule has 1 N–H and O–H groups in total. The summed E-state index contributed by atoms with van der Waals surface area (Å²) in [5, 5.41) is 16.2.